The molecule has 4 nitrogen and oxygen atoms in total. The average molecular weight is 287 g/mol. The average Bonchev–Trinajstić information content (AvgIpc) is 2.27. The summed E-state index contributed by atoms with van der Waals surface area (Å²) in [6.45, 7) is 1.60. The number of rotatable bonds is 4. The first-order valence-corrected chi connectivity index (χ1v) is 5.55. The van der Waals surface area contributed by atoms with Crippen molar-refractivity contribution in [1.29, 1.82) is 0 Å². The summed E-state index contributed by atoms with van der Waals surface area (Å²) in [6, 6.07) is 4.48. The van der Waals surface area contributed by atoms with Gasteiger partial charge in [-0.1, -0.05) is 6.07 Å². The molecule has 0 aliphatic carbocycles. The highest BCUT2D eigenvalue weighted by molar-refractivity contribution is 5.92. The molecule has 1 amide bonds. The van der Waals surface area contributed by atoms with Crippen molar-refractivity contribution in [1.82, 2.24) is 0 Å². The highest BCUT2D eigenvalue weighted by Crippen LogP contribution is 2.22. The van der Waals surface area contributed by atoms with Gasteiger partial charge in [0.2, 0.25) is 5.91 Å². The molecule has 0 aliphatic heterocycles. The van der Waals surface area contributed by atoms with Crippen LogP contribution in [0.25, 0.3) is 6.08 Å². The first-order valence-electron chi connectivity index (χ1n) is 5.55. The summed E-state index contributed by atoms with van der Waals surface area (Å²) in [6.07, 6.45) is -3.82. The van der Waals surface area contributed by atoms with E-state index in [1.165, 1.54) is 18.2 Å². The van der Waals surface area contributed by atoms with Gasteiger partial charge in [0.05, 0.1) is 0 Å². The van der Waals surface area contributed by atoms with Crippen LogP contribution >= 0.6 is 0 Å². The summed E-state index contributed by atoms with van der Waals surface area (Å²) >= 11 is 0. The smallest absolute Gasteiger partial charge is 0.397 e. The molecule has 20 heavy (non-hydrogen) atoms. The summed E-state index contributed by atoms with van der Waals surface area (Å²) in [5.41, 5.74) is 1.36. The zero-order valence-corrected chi connectivity index (χ0v) is 10.5. The molecule has 0 aromatic heterocycles. The molecule has 0 aliphatic rings. The summed E-state index contributed by atoms with van der Waals surface area (Å²) in [5.74, 6) is -2.25. The monoisotopic (exact) mass is 287 g/mol. The first kappa shape index (κ1) is 15.7. The molecule has 0 radical (unpaired) electrons. The minimum Gasteiger partial charge on any atom is -0.478 e. The molecular formula is C13H12F3NO3. The van der Waals surface area contributed by atoms with Crippen LogP contribution in [0.3, 0.4) is 0 Å². The van der Waals surface area contributed by atoms with Gasteiger partial charge in [-0.05, 0) is 36.3 Å². The van der Waals surface area contributed by atoms with E-state index in [-0.39, 0.29) is 5.69 Å². The maximum atomic E-state index is 12.0. The summed E-state index contributed by atoms with van der Waals surface area (Å²) < 4.78 is 36.1. The van der Waals surface area contributed by atoms with E-state index in [1.807, 2.05) is 0 Å². The summed E-state index contributed by atoms with van der Waals surface area (Å²) in [4.78, 5) is 21.5. The van der Waals surface area contributed by atoms with Crippen molar-refractivity contribution in [2.45, 2.75) is 19.5 Å². The Bertz CT molecular complexity index is 550. The van der Waals surface area contributed by atoms with Crippen molar-refractivity contribution < 1.29 is 27.9 Å². The quantitative estimate of drug-likeness (QED) is 0.837. The van der Waals surface area contributed by atoms with Crippen molar-refractivity contribution >= 4 is 23.6 Å². The minimum absolute atomic E-state index is 0.256. The van der Waals surface area contributed by atoms with Crippen LogP contribution in [0.2, 0.25) is 0 Å². The predicted octanol–water partition coefficient (Wildman–Crippen LogP) is 2.98. The second-order valence-corrected chi connectivity index (χ2v) is 4.09. The van der Waals surface area contributed by atoms with Gasteiger partial charge in [-0.15, -0.1) is 0 Å². The van der Waals surface area contributed by atoms with Crippen LogP contribution in [0.1, 0.15) is 17.5 Å². The lowest BCUT2D eigenvalue weighted by atomic mass is 10.1. The lowest BCUT2D eigenvalue weighted by Gasteiger charge is -2.10. The summed E-state index contributed by atoms with van der Waals surface area (Å²) in [5, 5.41) is 10.6. The number of carboxylic acid groups (broad SMARTS) is 1. The molecule has 1 rings (SSSR count). The zero-order valence-electron chi connectivity index (χ0n) is 10.5. The van der Waals surface area contributed by atoms with E-state index in [1.54, 1.807) is 13.0 Å². The Labute approximate surface area is 112 Å². The number of carbonyl (C=O) groups excluding carboxylic acids is 1. The lowest BCUT2D eigenvalue weighted by molar-refractivity contribution is -0.150. The minimum atomic E-state index is -4.55. The van der Waals surface area contributed by atoms with Gasteiger partial charge in [-0.3, -0.25) is 4.79 Å². The fraction of sp³-hybridized carbons (Fsp3) is 0.231. The summed E-state index contributed by atoms with van der Waals surface area (Å²) in [7, 11) is 0. The zero-order chi connectivity index (χ0) is 15.3. The van der Waals surface area contributed by atoms with E-state index in [9.17, 15) is 22.8 Å². The van der Waals surface area contributed by atoms with Gasteiger partial charge in [0.15, 0.2) is 0 Å². The van der Waals surface area contributed by atoms with Gasteiger partial charge >= 0.3 is 12.1 Å². The van der Waals surface area contributed by atoms with Crippen LogP contribution in [-0.4, -0.2) is 23.2 Å². The Hall–Kier alpha value is -2.31. The van der Waals surface area contributed by atoms with Gasteiger partial charge < -0.3 is 10.4 Å². The second-order valence-electron chi connectivity index (χ2n) is 4.09. The molecule has 7 heteroatoms. The van der Waals surface area contributed by atoms with E-state index in [0.29, 0.717) is 11.1 Å². The van der Waals surface area contributed by atoms with Gasteiger partial charge in [0.25, 0.3) is 0 Å². The fourth-order valence-electron chi connectivity index (χ4n) is 1.47. The number of nitrogens with one attached hydrogen (secondary N) is 1. The van der Waals surface area contributed by atoms with Crippen LogP contribution in [0, 0.1) is 6.92 Å². The van der Waals surface area contributed by atoms with Crippen LogP contribution < -0.4 is 5.32 Å². The molecule has 0 saturated heterocycles. The van der Waals surface area contributed by atoms with Crippen molar-refractivity contribution in [2.24, 2.45) is 0 Å². The number of alkyl halides is 3. The number of halogens is 3. The first-order chi connectivity index (χ1) is 9.17. The molecule has 0 unspecified atom stereocenters. The number of hydrogen-bond donors (Lipinski definition) is 2. The topological polar surface area (TPSA) is 66.4 Å². The van der Waals surface area contributed by atoms with Crippen molar-refractivity contribution in [3.8, 4) is 0 Å². The molecular weight excluding hydrogens is 275 g/mol. The van der Waals surface area contributed by atoms with E-state index < -0.39 is 24.5 Å². The van der Waals surface area contributed by atoms with Crippen molar-refractivity contribution in [3.63, 3.8) is 0 Å². The number of carbonyl (C=O) groups is 2. The highest BCUT2D eigenvalue weighted by Gasteiger charge is 2.31. The van der Waals surface area contributed by atoms with Crippen molar-refractivity contribution in [3.05, 3.63) is 35.4 Å². The second kappa shape index (κ2) is 6.23. The normalized spacial score (nSPS) is 11.6. The molecule has 0 atom stereocenters. The van der Waals surface area contributed by atoms with E-state index >= 15 is 0 Å². The molecule has 0 fully saturated rings. The Kier molecular flexibility index (Phi) is 4.90. The number of aryl methyl sites for hydroxylation is 1. The number of hydrogen-bond acceptors (Lipinski definition) is 2. The predicted molar refractivity (Wildman–Crippen MR) is 67.2 cm³/mol. The number of anilines is 1. The Morgan fingerprint density at radius 2 is 2.00 bits per heavy atom. The van der Waals surface area contributed by atoms with Crippen LogP contribution in [0.4, 0.5) is 18.9 Å². The Morgan fingerprint density at radius 3 is 2.50 bits per heavy atom. The fourth-order valence-corrected chi connectivity index (χ4v) is 1.47. The van der Waals surface area contributed by atoms with E-state index in [0.717, 1.165) is 6.08 Å². The molecule has 0 heterocycles. The van der Waals surface area contributed by atoms with Crippen LogP contribution in [-0.2, 0) is 9.59 Å². The SMILES string of the molecule is Cc1cc(C=CC(=O)O)ccc1NC(=O)CC(F)(F)F. The number of carboxylic acids is 1. The Balaban J connectivity index is 2.78. The van der Waals surface area contributed by atoms with Crippen LogP contribution in [0.15, 0.2) is 24.3 Å². The molecule has 2 N–H and O–H groups in total. The van der Waals surface area contributed by atoms with Gasteiger partial charge in [0, 0.05) is 11.8 Å². The number of aliphatic carboxylic acids is 1. The number of amides is 1. The van der Waals surface area contributed by atoms with E-state index in [2.05, 4.69) is 5.32 Å². The van der Waals surface area contributed by atoms with E-state index in [4.69, 9.17) is 5.11 Å². The maximum Gasteiger partial charge on any atom is 0.397 e. The largest absolute Gasteiger partial charge is 0.478 e. The number of benzene rings is 1. The van der Waals surface area contributed by atoms with Crippen molar-refractivity contribution in [2.75, 3.05) is 5.32 Å². The maximum absolute atomic E-state index is 12.0. The molecule has 108 valence electrons. The standard InChI is InChI=1S/C13H12F3NO3/c1-8-6-9(3-5-12(19)20)2-4-10(8)17-11(18)7-13(14,15)16/h2-6H,7H2,1H3,(H,17,18)(H,19,20). The van der Waals surface area contributed by atoms with Crippen LogP contribution in [0.5, 0.6) is 0 Å². The molecule has 1 aromatic rings. The van der Waals surface area contributed by atoms with Gasteiger partial charge in [-0.2, -0.15) is 13.2 Å². The third-order valence-corrected chi connectivity index (χ3v) is 2.30. The molecule has 0 spiro atoms. The van der Waals surface area contributed by atoms with Gasteiger partial charge in [0.1, 0.15) is 6.42 Å². The Morgan fingerprint density at radius 1 is 1.35 bits per heavy atom. The molecule has 0 saturated carbocycles. The third-order valence-electron chi connectivity index (χ3n) is 2.30. The van der Waals surface area contributed by atoms with Gasteiger partial charge in [-0.25, -0.2) is 4.79 Å². The lowest BCUT2D eigenvalue weighted by Crippen LogP contribution is -2.21. The molecule has 1 aromatic carbocycles. The highest BCUT2D eigenvalue weighted by atomic mass is 19.4. The third kappa shape index (κ3) is 5.55. The molecule has 0 bridgehead atoms.